The third kappa shape index (κ3) is 2.50. The van der Waals surface area contributed by atoms with Crippen LogP contribution < -0.4 is 0 Å². The van der Waals surface area contributed by atoms with Gasteiger partial charge in [-0.25, -0.2) is 0 Å². The molecule has 0 bridgehead atoms. The molecule has 0 radical (unpaired) electrons. The van der Waals surface area contributed by atoms with E-state index in [2.05, 4.69) is 6.92 Å². The van der Waals surface area contributed by atoms with Crippen LogP contribution in [0, 0.1) is 0 Å². The van der Waals surface area contributed by atoms with Gasteiger partial charge in [-0.1, -0.05) is 6.92 Å². The maximum atomic E-state index is 10.9. The lowest BCUT2D eigenvalue weighted by Gasteiger charge is -1.97. The van der Waals surface area contributed by atoms with Crippen LogP contribution in [-0.2, 0) is 14.3 Å². The first-order valence-electron chi connectivity index (χ1n) is 4.09. The van der Waals surface area contributed by atoms with E-state index in [4.69, 9.17) is 9.47 Å². The van der Waals surface area contributed by atoms with E-state index in [1.165, 1.54) is 0 Å². The normalized spacial score (nSPS) is 28.2. The minimum absolute atomic E-state index is 0.138. The fraction of sp³-hybridized carbons (Fsp3) is 0.875. The Morgan fingerprint density at radius 1 is 1.45 bits per heavy atom. The van der Waals surface area contributed by atoms with Crippen LogP contribution >= 0.6 is 0 Å². The van der Waals surface area contributed by atoms with Crippen LogP contribution in [0.1, 0.15) is 26.7 Å². The molecule has 0 saturated carbocycles. The molecule has 0 amide bonds. The summed E-state index contributed by atoms with van der Waals surface area (Å²) in [5.41, 5.74) is 0. The van der Waals surface area contributed by atoms with Crippen molar-refractivity contribution < 1.29 is 14.3 Å². The van der Waals surface area contributed by atoms with E-state index < -0.39 is 0 Å². The molecule has 1 heterocycles. The van der Waals surface area contributed by atoms with Gasteiger partial charge in [0.1, 0.15) is 0 Å². The Balaban J connectivity index is 2.08. The second-order valence-corrected chi connectivity index (χ2v) is 2.63. The summed E-state index contributed by atoms with van der Waals surface area (Å²) in [4.78, 5) is 10.9. The molecule has 0 unspecified atom stereocenters. The standard InChI is InChI=1S/C8H14O3/c1-3-6-7(11-6)5-8(9)10-4-2/h6-7H,3-5H2,1-2H3/t6-,7-/m0/s1. The van der Waals surface area contributed by atoms with Gasteiger partial charge in [-0.3, -0.25) is 4.79 Å². The summed E-state index contributed by atoms with van der Waals surface area (Å²) in [6.07, 6.45) is 1.86. The summed E-state index contributed by atoms with van der Waals surface area (Å²) in [5, 5.41) is 0. The molecule has 1 rings (SSSR count). The molecule has 0 aromatic carbocycles. The molecule has 0 aromatic rings. The van der Waals surface area contributed by atoms with Gasteiger partial charge in [-0.15, -0.1) is 0 Å². The average molecular weight is 158 g/mol. The molecule has 64 valence electrons. The van der Waals surface area contributed by atoms with Gasteiger partial charge < -0.3 is 9.47 Å². The topological polar surface area (TPSA) is 38.8 Å². The number of epoxide rings is 1. The number of carbonyl (C=O) groups excluding carboxylic acids is 1. The van der Waals surface area contributed by atoms with Gasteiger partial charge >= 0.3 is 5.97 Å². The summed E-state index contributed by atoms with van der Waals surface area (Å²) in [7, 11) is 0. The third-order valence-electron chi connectivity index (χ3n) is 1.76. The highest BCUT2D eigenvalue weighted by Crippen LogP contribution is 2.27. The van der Waals surface area contributed by atoms with Crippen molar-refractivity contribution >= 4 is 5.97 Å². The SMILES string of the molecule is CCOC(=O)C[C@@H]1O[C@H]1CC. The van der Waals surface area contributed by atoms with E-state index in [-0.39, 0.29) is 12.1 Å². The zero-order chi connectivity index (χ0) is 8.27. The second kappa shape index (κ2) is 3.72. The van der Waals surface area contributed by atoms with Gasteiger partial charge in [-0.05, 0) is 13.3 Å². The molecule has 0 aliphatic carbocycles. The highest BCUT2D eigenvalue weighted by molar-refractivity contribution is 5.70. The largest absolute Gasteiger partial charge is 0.466 e. The molecule has 0 aromatic heterocycles. The lowest BCUT2D eigenvalue weighted by atomic mass is 10.2. The van der Waals surface area contributed by atoms with Gasteiger partial charge in [-0.2, -0.15) is 0 Å². The Morgan fingerprint density at radius 2 is 2.18 bits per heavy atom. The van der Waals surface area contributed by atoms with Crippen molar-refractivity contribution in [2.24, 2.45) is 0 Å². The Bertz CT molecular complexity index is 144. The van der Waals surface area contributed by atoms with E-state index in [0.29, 0.717) is 19.1 Å². The van der Waals surface area contributed by atoms with Gasteiger partial charge in [0.15, 0.2) is 0 Å². The number of hydrogen-bond acceptors (Lipinski definition) is 3. The first kappa shape index (κ1) is 8.53. The zero-order valence-electron chi connectivity index (χ0n) is 7.00. The van der Waals surface area contributed by atoms with Crippen molar-refractivity contribution in [2.45, 2.75) is 38.9 Å². The zero-order valence-corrected chi connectivity index (χ0v) is 7.00. The molecule has 11 heavy (non-hydrogen) atoms. The maximum absolute atomic E-state index is 10.9. The molecule has 3 heteroatoms. The summed E-state index contributed by atoms with van der Waals surface area (Å²) >= 11 is 0. The van der Waals surface area contributed by atoms with Crippen LogP contribution in [0.15, 0.2) is 0 Å². The number of esters is 1. The molecular formula is C8H14O3. The Kier molecular flexibility index (Phi) is 2.88. The number of ether oxygens (including phenoxy) is 2. The van der Waals surface area contributed by atoms with E-state index in [9.17, 15) is 4.79 Å². The molecule has 1 aliphatic heterocycles. The quantitative estimate of drug-likeness (QED) is 0.454. The molecule has 1 saturated heterocycles. The summed E-state index contributed by atoms with van der Waals surface area (Å²) in [5.74, 6) is -0.145. The first-order chi connectivity index (χ1) is 5.27. The monoisotopic (exact) mass is 158 g/mol. The highest BCUT2D eigenvalue weighted by Gasteiger charge is 2.38. The van der Waals surface area contributed by atoms with E-state index in [1.807, 2.05) is 6.92 Å². The van der Waals surface area contributed by atoms with Crippen molar-refractivity contribution in [3.63, 3.8) is 0 Å². The molecule has 3 nitrogen and oxygen atoms in total. The summed E-state index contributed by atoms with van der Waals surface area (Å²) < 4.78 is 9.95. The average Bonchev–Trinajstić information content (AvgIpc) is 2.68. The van der Waals surface area contributed by atoms with Crippen LogP contribution in [0.25, 0.3) is 0 Å². The second-order valence-electron chi connectivity index (χ2n) is 2.63. The fourth-order valence-electron chi connectivity index (χ4n) is 1.10. The van der Waals surface area contributed by atoms with Crippen molar-refractivity contribution in [3.8, 4) is 0 Å². The Morgan fingerprint density at radius 3 is 2.64 bits per heavy atom. The highest BCUT2D eigenvalue weighted by atomic mass is 16.6. The first-order valence-corrected chi connectivity index (χ1v) is 4.09. The van der Waals surface area contributed by atoms with Crippen LogP contribution in [0.2, 0.25) is 0 Å². The maximum Gasteiger partial charge on any atom is 0.308 e. The number of rotatable bonds is 4. The fourth-order valence-corrected chi connectivity index (χ4v) is 1.10. The molecule has 2 atom stereocenters. The van der Waals surface area contributed by atoms with E-state index >= 15 is 0 Å². The molecule has 1 aliphatic rings. The molecule has 0 N–H and O–H groups in total. The predicted molar refractivity (Wildman–Crippen MR) is 40.2 cm³/mol. The third-order valence-corrected chi connectivity index (χ3v) is 1.76. The van der Waals surface area contributed by atoms with Gasteiger partial charge in [0, 0.05) is 0 Å². The van der Waals surface area contributed by atoms with Gasteiger partial charge in [0.05, 0.1) is 25.2 Å². The molecular weight excluding hydrogens is 144 g/mol. The van der Waals surface area contributed by atoms with Crippen LogP contribution in [0.4, 0.5) is 0 Å². The Hall–Kier alpha value is -0.570. The minimum Gasteiger partial charge on any atom is -0.466 e. The summed E-state index contributed by atoms with van der Waals surface area (Å²) in [6, 6.07) is 0. The number of hydrogen-bond donors (Lipinski definition) is 0. The minimum atomic E-state index is -0.145. The lowest BCUT2D eigenvalue weighted by molar-refractivity contribution is -0.143. The van der Waals surface area contributed by atoms with Crippen LogP contribution in [0.5, 0.6) is 0 Å². The predicted octanol–water partition coefficient (Wildman–Crippen LogP) is 1.12. The van der Waals surface area contributed by atoms with E-state index in [1.54, 1.807) is 0 Å². The van der Waals surface area contributed by atoms with E-state index in [0.717, 1.165) is 6.42 Å². The lowest BCUT2D eigenvalue weighted by Crippen LogP contribution is -2.08. The number of carbonyl (C=O) groups is 1. The van der Waals surface area contributed by atoms with Gasteiger partial charge in [0.25, 0.3) is 0 Å². The molecule has 0 spiro atoms. The summed E-state index contributed by atoms with van der Waals surface area (Å²) in [6.45, 7) is 4.32. The smallest absolute Gasteiger partial charge is 0.308 e. The van der Waals surface area contributed by atoms with Crippen LogP contribution in [0.3, 0.4) is 0 Å². The van der Waals surface area contributed by atoms with Crippen molar-refractivity contribution in [1.82, 2.24) is 0 Å². The molecule has 1 fully saturated rings. The van der Waals surface area contributed by atoms with Crippen molar-refractivity contribution in [1.29, 1.82) is 0 Å². The van der Waals surface area contributed by atoms with Crippen molar-refractivity contribution in [3.05, 3.63) is 0 Å². The van der Waals surface area contributed by atoms with Gasteiger partial charge in [0.2, 0.25) is 0 Å². The Labute approximate surface area is 66.7 Å². The van der Waals surface area contributed by atoms with Crippen molar-refractivity contribution in [2.75, 3.05) is 6.61 Å². The van der Waals surface area contributed by atoms with Crippen LogP contribution in [-0.4, -0.2) is 24.8 Å².